The average molecular weight is 793 g/mol. The molecule has 56 heavy (non-hydrogen) atoms. The van der Waals surface area contributed by atoms with E-state index in [1.807, 2.05) is 41.8 Å². The fourth-order valence-electron chi connectivity index (χ4n) is 9.45. The predicted molar refractivity (Wildman–Crippen MR) is 208 cm³/mol. The minimum Gasteiger partial charge on any atom is -0.497 e. The number of halogens is 3. The van der Waals surface area contributed by atoms with E-state index in [0.29, 0.717) is 41.9 Å². The van der Waals surface area contributed by atoms with Crippen molar-refractivity contribution < 1.29 is 35.9 Å². The third kappa shape index (κ3) is 6.40. The number of aryl methyl sites for hydroxylation is 1. The maximum absolute atomic E-state index is 14.9. The molecule has 1 aliphatic carbocycles. The lowest BCUT2D eigenvalue weighted by molar-refractivity contribution is -0.141. The first kappa shape index (κ1) is 38.3. The second kappa shape index (κ2) is 14.1. The zero-order chi connectivity index (χ0) is 39.8. The van der Waals surface area contributed by atoms with E-state index in [2.05, 4.69) is 14.7 Å². The van der Waals surface area contributed by atoms with Crippen LogP contribution in [0.5, 0.6) is 5.75 Å². The first-order valence-corrected chi connectivity index (χ1v) is 21.0. The SMILES string of the molecule is CCN1CC2CC1CN2C(=O)c1c(C(F)(F)F)nn(C)c1C1=Cc2cc(OC)ccc2-c2c(C3CCCCC3)c3ccc(C(=O)NS(=O)(=O)C(C)C)cc3n2C1. The van der Waals surface area contributed by atoms with Gasteiger partial charge in [0, 0.05) is 54.3 Å². The molecule has 2 bridgehead atoms. The number of alkyl halides is 3. The summed E-state index contributed by atoms with van der Waals surface area (Å²) in [6.07, 6.45) is 2.72. The van der Waals surface area contributed by atoms with Gasteiger partial charge in [0.2, 0.25) is 10.0 Å². The summed E-state index contributed by atoms with van der Waals surface area (Å²) >= 11 is 0. The van der Waals surface area contributed by atoms with Crippen LogP contribution in [-0.2, 0) is 29.8 Å². The van der Waals surface area contributed by atoms with E-state index in [0.717, 1.165) is 60.9 Å². The summed E-state index contributed by atoms with van der Waals surface area (Å²) in [7, 11) is -0.945. The molecule has 15 heteroatoms. The van der Waals surface area contributed by atoms with Gasteiger partial charge in [0.05, 0.1) is 35.9 Å². The lowest BCUT2D eigenvalue weighted by atomic mass is 9.81. The molecule has 0 spiro atoms. The molecule has 1 N–H and O–H groups in total. The standard InChI is InChI=1S/C41H47F3N6O5S/c1-6-48-21-29-19-28(48)22-49(29)40(52)35-36(47(4)45-38(35)41(42,43)44)27-16-26-17-30(55-5)13-15-31(26)37-34(24-10-8-7-9-11-24)32-14-12-25(18-33(32)50(37)20-27)39(51)46-56(53,54)23(2)3/h12-18,23-24,28-29H,6-11,19-22H2,1-5H3,(H,46,51). The topological polar surface area (TPSA) is 119 Å². The second-order valence-corrected chi connectivity index (χ2v) is 18.1. The Hall–Kier alpha value is -4.63. The van der Waals surface area contributed by atoms with Gasteiger partial charge in [-0.2, -0.15) is 18.3 Å². The molecule has 2 aromatic heterocycles. The number of aromatic nitrogens is 3. The van der Waals surface area contributed by atoms with Crippen molar-refractivity contribution in [2.75, 3.05) is 26.7 Å². The summed E-state index contributed by atoms with van der Waals surface area (Å²) in [5.74, 6) is -0.746. The summed E-state index contributed by atoms with van der Waals surface area (Å²) in [5.41, 5.74) is 3.02. The Kier molecular flexibility index (Phi) is 9.62. The van der Waals surface area contributed by atoms with Crippen LogP contribution in [0.2, 0.25) is 0 Å². The lowest BCUT2D eigenvalue weighted by Crippen LogP contribution is -2.49. The van der Waals surface area contributed by atoms with Crippen LogP contribution in [0.25, 0.3) is 33.8 Å². The Morgan fingerprint density at radius 3 is 2.41 bits per heavy atom. The van der Waals surface area contributed by atoms with Crippen LogP contribution in [-0.4, -0.2) is 88.5 Å². The molecule has 2 saturated heterocycles. The van der Waals surface area contributed by atoms with Gasteiger partial charge in [0.15, 0.2) is 5.69 Å². The normalized spacial score (nSPS) is 20.3. The average Bonchev–Trinajstić information content (AvgIpc) is 3.92. The van der Waals surface area contributed by atoms with Crippen LogP contribution in [0.3, 0.4) is 0 Å². The number of likely N-dealkylation sites (tertiary alicyclic amines) is 2. The van der Waals surface area contributed by atoms with Gasteiger partial charge >= 0.3 is 6.18 Å². The van der Waals surface area contributed by atoms with E-state index in [1.165, 1.54) is 25.6 Å². The smallest absolute Gasteiger partial charge is 0.435 e. The first-order chi connectivity index (χ1) is 26.6. The van der Waals surface area contributed by atoms with Gasteiger partial charge in [0.1, 0.15) is 5.75 Å². The van der Waals surface area contributed by atoms with Gasteiger partial charge in [-0.15, -0.1) is 0 Å². The fourth-order valence-corrected chi connectivity index (χ4v) is 10.1. The highest BCUT2D eigenvalue weighted by Gasteiger charge is 2.49. The number of allylic oxidation sites excluding steroid dienone is 1. The molecule has 3 fully saturated rings. The van der Waals surface area contributed by atoms with E-state index in [4.69, 9.17) is 4.74 Å². The van der Waals surface area contributed by atoms with E-state index >= 15 is 0 Å². The van der Waals surface area contributed by atoms with E-state index in [-0.39, 0.29) is 35.8 Å². The highest BCUT2D eigenvalue weighted by Crippen LogP contribution is 2.49. The van der Waals surface area contributed by atoms with Crippen LogP contribution in [0.4, 0.5) is 13.2 Å². The number of rotatable bonds is 8. The van der Waals surface area contributed by atoms with Crippen LogP contribution >= 0.6 is 0 Å². The molecule has 298 valence electrons. The number of ether oxygens (including phenoxy) is 1. The maximum Gasteiger partial charge on any atom is 0.435 e. The van der Waals surface area contributed by atoms with Gasteiger partial charge in [-0.05, 0) is 98.7 Å². The Morgan fingerprint density at radius 2 is 1.77 bits per heavy atom. The number of hydrogen-bond acceptors (Lipinski definition) is 7. The summed E-state index contributed by atoms with van der Waals surface area (Å²) < 4.78 is 81.3. The molecule has 4 aliphatic rings. The molecule has 2 aromatic carbocycles. The van der Waals surface area contributed by atoms with Gasteiger partial charge in [-0.25, -0.2) is 13.1 Å². The van der Waals surface area contributed by atoms with Crippen LogP contribution in [0.1, 0.15) is 108 Å². The van der Waals surface area contributed by atoms with Crippen molar-refractivity contribution in [1.82, 2.24) is 28.9 Å². The molecule has 8 rings (SSSR count). The van der Waals surface area contributed by atoms with Gasteiger partial charge in [-0.3, -0.25) is 19.2 Å². The van der Waals surface area contributed by atoms with Crippen molar-refractivity contribution in [2.45, 2.75) is 95.3 Å². The Bertz CT molecular complexity index is 2390. The number of hydrogen-bond donors (Lipinski definition) is 1. The number of benzene rings is 2. The van der Waals surface area contributed by atoms with Gasteiger partial charge in [0.25, 0.3) is 11.8 Å². The monoisotopic (exact) mass is 792 g/mol. The van der Waals surface area contributed by atoms with Crippen molar-refractivity contribution >= 4 is 44.4 Å². The van der Waals surface area contributed by atoms with Crippen molar-refractivity contribution in [1.29, 1.82) is 0 Å². The number of fused-ring (bicyclic) bond motifs is 7. The number of methoxy groups -OCH3 is 1. The molecule has 2 atom stereocenters. The van der Waals surface area contributed by atoms with Crippen molar-refractivity contribution in [2.24, 2.45) is 7.05 Å². The molecule has 4 aromatic rings. The van der Waals surface area contributed by atoms with Gasteiger partial charge in [-0.1, -0.05) is 32.3 Å². The third-order valence-corrected chi connectivity index (χ3v) is 14.0. The number of carbonyl (C=O) groups excluding carboxylic acids is 2. The number of nitrogens with zero attached hydrogens (tertiary/aromatic N) is 5. The molecule has 11 nitrogen and oxygen atoms in total. The Morgan fingerprint density at radius 1 is 1.02 bits per heavy atom. The third-order valence-electron chi connectivity index (χ3n) is 12.3. The highest BCUT2D eigenvalue weighted by atomic mass is 32.2. The maximum atomic E-state index is 14.9. The molecule has 1 saturated carbocycles. The number of likely N-dealkylation sites (N-methyl/N-ethyl adjacent to an activating group) is 1. The summed E-state index contributed by atoms with van der Waals surface area (Å²) in [6.45, 7) is 6.81. The molecule has 3 aliphatic heterocycles. The number of piperazine rings is 1. The zero-order valence-corrected chi connectivity index (χ0v) is 33.1. The molecule has 2 unspecified atom stereocenters. The number of carbonyl (C=O) groups is 2. The van der Waals surface area contributed by atoms with E-state index < -0.39 is 44.5 Å². The summed E-state index contributed by atoms with van der Waals surface area (Å²) in [5, 5.41) is 4.04. The molecule has 2 amide bonds. The van der Waals surface area contributed by atoms with Crippen LogP contribution in [0.15, 0.2) is 36.4 Å². The minimum atomic E-state index is -4.90. The second-order valence-electron chi connectivity index (χ2n) is 15.8. The van der Waals surface area contributed by atoms with E-state index in [1.54, 1.807) is 24.1 Å². The summed E-state index contributed by atoms with van der Waals surface area (Å²) in [6, 6.07) is 10.7. The number of nitrogens with one attached hydrogen (secondary N) is 1. The van der Waals surface area contributed by atoms with Crippen molar-refractivity contribution in [3.8, 4) is 17.0 Å². The van der Waals surface area contributed by atoms with E-state index in [9.17, 15) is 31.2 Å². The van der Waals surface area contributed by atoms with Gasteiger partial charge < -0.3 is 14.2 Å². The zero-order valence-electron chi connectivity index (χ0n) is 32.2. The molecular weight excluding hydrogens is 746 g/mol. The lowest BCUT2D eigenvalue weighted by Gasteiger charge is -2.33. The number of amides is 2. The Labute approximate surface area is 324 Å². The molecule has 0 radical (unpaired) electrons. The number of sulfonamides is 1. The molecule has 5 heterocycles. The Balaban J connectivity index is 1.35. The largest absolute Gasteiger partial charge is 0.497 e. The highest BCUT2D eigenvalue weighted by molar-refractivity contribution is 7.90. The van der Waals surface area contributed by atoms with Crippen LogP contribution < -0.4 is 9.46 Å². The minimum absolute atomic E-state index is 0.0394. The van der Waals surface area contributed by atoms with Crippen molar-refractivity contribution in [3.63, 3.8) is 0 Å². The molecular formula is C41H47F3N6O5S. The fraction of sp³-hybridized carbons (Fsp3) is 0.488. The quantitative estimate of drug-likeness (QED) is 0.203. The van der Waals surface area contributed by atoms with Crippen LogP contribution in [0, 0.1) is 0 Å². The summed E-state index contributed by atoms with van der Waals surface area (Å²) in [4.78, 5) is 31.9. The predicted octanol–water partition coefficient (Wildman–Crippen LogP) is 7.06. The first-order valence-electron chi connectivity index (χ1n) is 19.4. The van der Waals surface area contributed by atoms with Crippen molar-refractivity contribution in [3.05, 3.63) is 70.0 Å².